The van der Waals surface area contributed by atoms with Crippen LogP contribution in [0.1, 0.15) is 12.2 Å². The number of aromatic nitrogens is 4. The molecule has 25 heavy (non-hydrogen) atoms. The molecule has 1 N–H and O–H groups in total. The van der Waals surface area contributed by atoms with Crippen LogP contribution in [0.25, 0.3) is 11.5 Å². The maximum absolute atomic E-state index is 12.5. The summed E-state index contributed by atoms with van der Waals surface area (Å²) in [5.41, 5.74) is 0.767. The Hall–Kier alpha value is -2.72. The number of hydrogen-bond donors (Lipinski definition) is 1. The summed E-state index contributed by atoms with van der Waals surface area (Å²) < 4.78 is 39.5. The minimum Gasteiger partial charge on any atom is -0.477 e. The van der Waals surface area contributed by atoms with Gasteiger partial charge in [0.1, 0.15) is 0 Å². The Morgan fingerprint density at radius 2 is 2.08 bits per heavy atom. The SMILES string of the molecule is O=S(=O)(NCc1noc(-c2ccccc2)n1)c1cnn2c1OCCC2. The molecule has 0 spiro atoms. The second-order valence-corrected chi connectivity index (χ2v) is 7.18. The van der Waals surface area contributed by atoms with E-state index in [1.54, 1.807) is 4.68 Å². The van der Waals surface area contributed by atoms with E-state index in [2.05, 4.69) is 20.0 Å². The first-order chi connectivity index (χ1) is 12.1. The van der Waals surface area contributed by atoms with Crippen molar-refractivity contribution in [1.29, 1.82) is 0 Å². The Morgan fingerprint density at radius 3 is 2.92 bits per heavy atom. The molecule has 9 nitrogen and oxygen atoms in total. The highest BCUT2D eigenvalue weighted by Gasteiger charge is 2.26. The number of benzene rings is 1. The van der Waals surface area contributed by atoms with E-state index in [0.29, 0.717) is 19.0 Å². The molecule has 3 heterocycles. The molecular weight excluding hydrogens is 346 g/mol. The molecule has 0 aliphatic carbocycles. The highest BCUT2D eigenvalue weighted by atomic mass is 32.2. The van der Waals surface area contributed by atoms with Crippen LogP contribution < -0.4 is 9.46 Å². The van der Waals surface area contributed by atoms with Crippen LogP contribution in [0.15, 0.2) is 45.9 Å². The van der Waals surface area contributed by atoms with E-state index in [4.69, 9.17) is 9.26 Å². The van der Waals surface area contributed by atoms with Crippen LogP contribution in [0.3, 0.4) is 0 Å². The Balaban J connectivity index is 1.49. The first-order valence-corrected chi connectivity index (χ1v) is 9.18. The Kier molecular flexibility index (Phi) is 3.98. The average molecular weight is 361 g/mol. The Morgan fingerprint density at radius 1 is 1.24 bits per heavy atom. The van der Waals surface area contributed by atoms with E-state index >= 15 is 0 Å². The van der Waals surface area contributed by atoms with Gasteiger partial charge < -0.3 is 9.26 Å². The molecule has 1 aromatic carbocycles. The molecule has 0 saturated heterocycles. The van der Waals surface area contributed by atoms with Crippen molar-refractivity contribution < 1.29 is 17.7 Å². The Bertz CT molecular complexity index is 981. The van der Waals surface area contributed by atoms with E-state index in [1.807, 2.05) is 30.3 Å². The van der Waals surface area contributed by atoms with Gasteiger partial charge in [0.15, 0.2) is 10.7 Å². The lowest BCUT2D eigenvalue weighted by atomic mass is 10.2. The van der Waals surface area contributed by atoms with Gasteiger partial charge in [-0.05, 0) is 12.1 Å². The zero-order valence-corrected chi connectivity index (χ0v) is 13.9. The average Bonchev–Trinajstić information content (AvgIpc) is 3.28. The van der Waals surface area contributed by atoms with Crippen molar-refractivity contribution in [3.8, 4) is 17.3 Å². The summed E-state index contributed by atoms with van der Waals surface area (Å²) in [6, 6.07) is 9.25. The predicted molar refractivity (Wildman–Crippen MR) is 86.1 cm³/mol. The molecule has 2 aromatic heterocycles. The van der Waals surface area contributed by atoms with Crippen molar-refractivity contribution >= 4 is 10.0 Å². The molecular formula is C15H15N5O4S. The number of rotatable bonds is 5. The van der Waals surface area contributed by atoms with Crippen LogP contribution in [-0.4, -0.2) is 34.9 Å². The fourth-order valence-corrected chi connectivity index (χ4v) is 3.55. The summed E-state index contributed by atoms with van der Waals surface area (Å²) in [5, 5.41) is 7.84. The van der Waals surface area contributed by atoms with Crippen molar-refractivity contribution in [1.82, 2.24) is 24.6 Å². The van der Waals surface area contributed by atoms with Gasteiger partial charge in [-0.1, -0.05) is 23.4 Å². The minimum atomic E-state index is -3.79. The van der Waals surface area contributed by atoms with Crippen LogP contribution in [0.2, 0.25) is 0 Å². The van der Waals surface area contributed by atoms with Gasteiger partial charge in [-0.25, -0.2) is 17.8 Å². The van der Waals surface area contributed by atoms with Crippen LogP contribution in [0.4, 0.5) is 0 Å². The van der Waals surface area contributed by atoms with Crippen molar-refractivity contribution in [3.05, 3.63) is 42.4 Å². The van der Waals surface area contributed by atoms with Gasteiger partial charge in [0, 0.05) is 18.5 Å². The third kappa shape index (κ3) is 3.13. The quantitative estimate of drug-likeness (QED) is 0.726. The van der Waals surface area contributed by atoms with Crippen molar-refractivity contribution in [2.75, 3.05) is 6.61 Å². The summed E-state index contributed by atoms with van der Waals surface area (Å²) in [6.45, 7) is 1.01. The maximum atomic E-state index is 12.5. The van der Waals surface area contributed by atoms with Gasteiger partial charge >= 0.3 is 0 Å². The zero-order valence-electron chi connectivity index (χ0n) is 13.1. The molecule has 1 aliphatic heterocycles. The van der Waals surface area contributed by atoms with E-state index in [0.717, 1.165) is 12.0 Å². The molecule has 0 bridgehead atoms. The number of fused-ring (bicyclic) bond motifs is 1. The smallest absolute Gasteiger partial charge is 0.257 e. The number of nitrogens with one attached hydrogen (secondary N) is 1. The fraction of sp³-hybridized carbons (Fsp3) is 0.267. The molecule has 4 rings (SSSR count). The molecule has 1 aliphatic rings. The van der Waals surface area contributed by atoms with Crippen LogP contribution in [-0.2, 0) is 23.1 Å². The predicted octanol–water partition coefficient (Wildman–Crippen LogP) is 1.19. The molecule has 3 aromatic rings. The molecule has 0 radical (unpaired) electrons. The molecule has 130 valence electrons. The lowest BCUT2D eigenvalue weighted by Crippen LogP contribution is -2.25. The summed E-state index contributed by atoms with van der Waals surface area (Å²) in [6.07, 6.45) is 2.08. The van der Waals surface area contributed by atoms with E-state index in [-0.39, 0.29) is 23.1 Å². The maximum Gasteiger partial charge on any atom is 0.257 e. The number of aryl methyl sites for hydroxylation is 1. The molecule has 0 unspecified atom stereocenters. The van der Waals surface area contributed by atoms with Crippen LogP contribution in [0, 0.1) is 0 Å². The fourth-order valence-electron chi connectivity index (χ4n) is 2.49. The van der Waals surface area contributed by atoms with Crippen molar-refractivity contribution in [3.63, 3.8) is 0 Å². The lowest BCUT2D eigenvalue weighted by molar-refractivity contribution is 0.224. The van der Waals surface area contributed by atoms with Gasteiger partial charge in [-0.15, -0.1) is 0 Å². The lowest BCUT2D eigenvalue weighted by Gasteiger charge is -2.15. The first-order valence-electron chi connectivity index (χ1n) is 7.70. The van der Waals surface area contributed by atoms with E-state index in [1.165, 1.54) is 6.20 Å². The monoisotopic (exact) mass is 361 g/mol. The molecule has 0 saturated carbocycles. The summed E-state index contributed by atoms with van der Waals surface area (Å²) in [5.74, 6) is 0.835. The number of ether oxygens (including phenoxy) is 1. The zero-order chi connectivity index (χ0) is 17.3. The van der Waals surface area contributed by atoms with E-state index in [9.17, 15) is 8.42 Å². The topological polar surface area (TPSA) is 112 Å². The third-order valence-electron chi connectivity index (χ3n) is 3.71. The van der Waals surface area contributed by atoms with Gasteiger partial charge in [0.25, 0.3) is 5.89 Å². The standard InChI is InChI=1S/C15H15N5O4S/c21-25(22,12-9-16-20-7-4-8-23-15(12)20)17-10-13-18-14(24-19-13)11-5-2-1-3-6-11/h1-3,5-6,9,17H,4,7-8,10H2. The largest absolute Gasteiger partial charge is 0.477 e. The van der Waals surface area contributed by atoms with E-state index < -0.39 is 10.0 Å². The second-order valence-electron chi connectivity index (χ2n) is 5.45. The molecule has 0 fully saturated rings. The highest BCUT2D eigenvalue weighted by molar-refractivity contribution is 7.89. The first kappa shape index (κ1) is 15.8. The number of nitrogens with zero attached hydrogens (tertiary/aromatic N) is 4. The summed E-state index contributed by atoms with van der Waals surface area (Å²) >= 11 is 0. The molecule has 0 amide bonds. The number of hydrogen-bond acceptors (Lipinski definition) is 7. The Labute approximate surface area is 143 Å². The van der Waals surface area contributed by atoms with Crippen LogP contribution >= 0.6 is 0 Å². The normalized spacial score (nSPS) is 14.1. The molecule has 10 heteroatoms. The van der Waals surface area contributed by atoms with Gasteiger partial charge in [0.05, 0.1) is 19.3 Å². The minimum absolute atomic E-state index is 0.0129. The van der Waals surface area contributed by atoms with Crippen LogP contribution in [0.5, 0.6) is 5.88 Å². The number of sulfonamides is 1. The summed E-state index contributed by atoms with van der Waals surface area (Å²) in [7, 11) is -3.79. The van der Waals surface area contributed by atoms with Gasteiger partial charge in [-0.3, -0.25) is 0 Å². The van der Waals surface area contributed by atoms with Crippen molar-refractivity contribution in [2.45, 2.75) is 24.4 Å². The summed E-state index contributed by atoms with van der Waals surface area (Å²) in [4.78, 5) is 4.21. The van der Waals surface area contributed by atoms with Gasteiger partial charge in [-0.2, -0.15) is 10.1 Å². The van der Waals surface area contributed by atoms with Crippen molar-refractivity contribution in [2.24, 2.45) is 0 Å². The van der Waals surface area contributed by atoms with Gasteiger partial charge in [0.2, 0.25) is 15.9 Å². The highest BCUT2D eigenvalue weighted by Crippen LogP contribution is 2.26. The third-order valence-corrected chi connectivity index (χ3v) is 5.09. The second kappa shape index (κ2) is 6.30. The molecule has 0 atom stereocenters.